The minimum atomic E-state index is -0.709. The Morgan fingerprint density at radius 2 is 1.86 bits per heavy atom. The Labute approximate surface area is 165 Å². The van der Waals surface area contributed by atoms with Crippen molar-refractivity contribution in [2.75, 3.05) is 18.4 Å². The van der Waals surface area contributed by atoms with Crippen LogP contribution in [0, 0.1) is 11.3 Å². The van der Waals surface area contributed by atoms with Gasteiger partial charge in [0.15, 0.2) is 0 Å². The number of likely N-dealkylation sites (tertiary alicyclic amines) is 1. The summed E-state index contributed by atoms with van der Waals surface area (Å²) in [7, 11) is 0. The van der Waals surface area contributed by atoms with E-state index in [1.54, 1.807) is 0 Å². The maximum atomic E-state index is 13.0. The van der Waals surface area contributed by atoms with E-state index >= 15 is 0 Å². The lowest BCUT2D eigenvalue weighted by atomic mass is 9.81. The second-order valence-electron chi connectivity index (χ2n) is 8.06. The standard InChI is InChI=1S/C23H26N2O3/c1-16(25-14-18-10-7-13-23(18,15-25)22(27)28)21(26)24-20-12-6-5-11-19(20)17-8-3-2-4-9-17/h2-6,8-9,11-12,16,18H,7,10,13-15H2,1H3,(H,24,26)(H,27,28)/t16?,18-,23+/m0/s1. The maximum Gasteiger partial charge on any atom is 0.311 e. The lowest BCUT2D eigenvalue weighted by molar-refractivity contribution is -0.149. The Balaban J connectivity index is 1.50. The van der Waals surface area contributed by atoms with Crippen LogP contribution in [0.15, 0.2) is 54.6 Å². The zero-order chi connectivity index (χ0) is 19.7. The van der Waals surface area contributed by atoms with Crippen molar-refractivity contribution in [3.8, 4) is 11.1 Å². The summed E-state index contributed by atoms with van der Waals surface area (Å²) >= 11 is 0. The fourth-order valence-corrected chi connectivity index (χ4v) is 4.84. The van der Waals surface area contributed by atoms with Gasteiger partial charge in [0, 0.05) is 24.3 Å². The zero-order valence-corrected chi connectivity index (χ0v) is 16.1. The van der Waals surface area contributed by atoms with E-state index in [1.165, 1.54) is 0 Å². The highest BCUT2D eigenvalue weighted by molar-refractivity contribution is 5.98. The minimum Gasteiger partial charge on any atom is -0.481 e. The number of fused-ring (bicyclic) bond motifs is 1. The van der Waals surface area contributed by atoms with Crippen molar-refractivity contribution in [1.29, 1.82) is 0 Å². The van der Waals surface area contributed by atoms with E-state index in [2.05, 4.69) is 5.32 Å². The van der Waals surface area contributed by atoms with E-state index in [0.717, 1.165) is 29.7 Å². The average molecular weight is 378 g/mol. The van der Waals surface area contributed by atoms with Crippen molar-refractivity contribution in [2.45, 2.75) is 32.2 Å². The molecule has 2 aromatic carbocycles. The quantitative estimate of drug-likeness (QED) is 0.829. The molecule has 2 fully saturated rings. The highest BCUT2D eigenvalue weighted by atomic mass is 16.4. The van der Waals surface area contributed by atoms with Crippen molar-refractivity contribution in [1.82, 2.24) is 4.90 Å². The van der Waals surface area contributed by atoms with E-state index in [1.807, 2.05) is 66.4 Å². The van der Waals surface area contributed by atoms with Crippen LogP contribution in [0.4, 0.5) is 5.69 Å². The van der Waals surface area contributed by atoms with E-state index in [4.69, 9.17) is 0 Å². The fraction of sp³-hybridized carbons (Fsp3) is 0.391. The highest BCUT2D eigenvalue weighted by Gasteiger charge is 2.55. The number of rotatable bonds is 5. The number of amides is 1. The van der Waals surface area contributed by atoms with Crippen LogP contribution in [0.2, 0.25) is 0 Å². The normalized spacial score (nSPS) is 25.2. The number of carboxylic acid groups (broad SMARTS) is 1. The van der Waals surface area contributed by atoms with Crippen LogP contribution in [-0.2, 0) is 9.59 Å². The Morgan fingerprint density at radius 1 is 1.14 bits per heavy atom. The van der Waals surface area contributed by atoms with E-state index < -0.39 is 11.4 Å². The second-order valence-corrected chi connectivity index (χ2v) is 8.06. The molecule has 1 heterocycles. The number of aliphatic carboxylic acids is 1. The van der Waals surface area contributed by atoms with E-state index in [9.17, 15) is 14.7 Å². The molecule has 2 aromatic rings. The van der Waals surface area contributed by atoms with Crippen LogP contribution >= 0.6 is 0 Å². The van der Waals surface area contributed by atoms with Crippen LogP contribution < -0.4 is 5.32 Å². The summed E-state index contributed by atoms with van der Waals surface area (Å²) in [4.78, 5) is 26.9. The molecule has 1 amide bonds. The van der Waals surface area contributed by atoms with Gasteiger partial charge >= 0.3 is 5.97 Å². The number of nitrogens with one attached hydrogen (secondary N) is 1. The molecule has 3 atom stereocenters. The summed E-state index contributed by atoms with van der Waals surface area (Å²) in [5.41, 5.74) is 2.13. The first-order valence-electron chi connectivity index (χ1n) is 9.94. The first-order chi connectivity index (χ1) is 13.5. The lowest BCUT2D eigenvalue weighted by Gasteiger charge is -2.27. The first-order valence-corrected chi connectivity index (χ1v) is 9.94. The first kappa shape index (κ1) is 18.7. The Kier molecular flexibility index (Phi) is 4.94. The molecule has 146 valence electrons. The smallest absolute Gasteiger partial charge is 0.311 e. The summed E-state index contributed by atoms with van der Waals surface area (Å²) in [6.07, 6.45) is 2.62. The van der Waals surface area contributed by atoms with Crippen LogP contribution in [0.5, 0.6) is 0 Å². The molecule has 0 spiro atoms. The number of carbonyl (C=O) groups excluding carboxylic acids is 1. The van der Waals surface area contributed by atoms with Crippen molar-refractivity contribution >= 4 is 17.6 Å². The molecule has 5 heteroatoms. The summed E-state index contributed by atoms with van der Waals surface area (Å²) in [6.45, 7) is 3.01. The van der Waals surface area contributed by atoms with Crippen LogP contribution in [-0.4, -0.2) is 41.0 Å². The van der Waals surface area contributed by atoms with Crippen molar-refractivity contribution in [3.05, 3.63) is 54.6 Å². The van der Waals surface area contributed by atoms with Crippen molar-refractivity contribution < 1.29 is 14.7 Å². The molecule has 1 aliphatic heterocycles. The van der Waals surface area contributed by atoms with Gasteiger partial charge in [0.05, 0.1) is 11.5 Å². The van der Waals surface area contributed by atoms with Gasteiger partial charge < -0.3 is 10.4 Å². The summed E-state index contributed by atoms with van der Waals surface area (Å²) in [5.74, 6) is -0.653. The molecule has 2 N–H and O–H groups in total. The number of benzene rings is 2. The molecular weight excluding hydrogens is 352 g/mol. The van der Waals surface area contributed by atoms with Crippen LogP contribution in [0.25, 0.3) is 11.1 Å². The molecule has 4 rings (SSSR count). The molecule has 1 saturated heterocycles. The van der Waals surface area contributed by atoms with E-state index in [0.29, 0.717) is 19.5 Å². The number of hydrogen-bond acceptors (Lipinski definition) is 3. The molecule has 0 radical (unpaired) electrons. The zero-order valence-electron chi connectivity index (χ0n) is 16.1. The Morgan fingerprint density at radius 3 is 2.57 bits per heavy atom. The lowest BCUT2D eigenvalue weighted by Crippen LogP contribution is -2.43. The van der Waals surface area contributed by atoms with Crippen LogP contribution in [0.1, 0.15) is 26.2 Å². The number of carbonyl (C=O) groups is 2. The number of para-hydroxylation sites is 1. The average Bonchev–Trinajstić information content (AvgIpc) is 3.27. The predicted molar refractivity (Wildman–Crippen MR) is 109 cm³/mol. The topological polar surface area (TPSA) is 69.6 Å². The molecule has 2 aliphatic rings. The Bertz CT molecular complexity index is 882. The van der Waals surface area contributed by atoms with Gasteiger partial charge in [-0.2, -0.15) is 0 Å². The molecule has 28 heavy (non-hydrogen) atoms. The van der Waals surface area contributed by atoms with Gasteiger partial charge in [-0.05, 0) is 37.3 Å². The number of carboxylic acids is 1. The Hall–Kier alpha value is -2.66. The maximum absolute atomic E-state index is 13.0. The molecule has 5 nitrogen and oxygen atoms in total. The van der Waals surface area contributed by atoms with Gasteiger partial charge in [-0.3, -0.25) is 14.5 Å². The molecular formula is C23H26N2O3. The number of hydrogen-bond donors (Lipinski definition) is 2. The summed E-state index contributed by atoms with van der Waals surface area (Å²) in [6, 6.07) is 17.4. The van der Waals surface area contributed by atoms with Crippen molar-refractivity contribution in [3.63, 3.8) is 0 Å². The molecule has 1 unspecified atom stereocenters. The monoisotopic (exact) mass is 378 g/mol. The van der Waals surface area contributed by atoms with Gasteiger partial charge in [-0.1, -0.05) is 55.0 Å². The molecule has 0 bridgehead atoms. The third-order valence-corrected chi connectivity index (χ3v) is 6.52. The summed E-state index contributed by atoms with van der Waals surface area (Å²) < 4.78 is 0. The SMILES string of the molecule is CC(C(=O)Nc1ccccc1-c1ccccc1)N1C[C@@H]2CCC[C@@]2(C(=O)O)C1. The summed E-state index contributed by atoms with van der Waals surface area (Å²) in [5, 5.41) is 12.8. The van der Waals surface area contributed by atoms with Crippen LogP contribution in [0.3, 0.4) is 0 Å². The predicted octanol–water partition coefficient (Wildman–Crippen LogP) is 3.87. The molecule has 1 aliphatic carbocycles. The van der Waals surface area contributed by atoms with Gasteiger partial charge in [-0.15, -0.1) is 0 Å². The van der Waals surface area contributed by atoms with Gasteiger partial charge in [-0.25, -0.2) is 0 Å². The third kappa shape index (κ3) is 3.20. The van der Waals surface area contributed by atoms with Crippen molar-refractivity contribution in [2.24, 2.45) is 11.3 Å². The number of anilines is 1. The van der Waals surface area contributed by atoms with E-state index in [-0.39, 0.29) is 17.9 Å². The van der Waals surface area contributed by atoms with Gasteiger partial charge in [0.25, 0.3) is 0 Å². The highest BCUT2D eigenvalue weighted by Crippen LogP contribution is 2.49. The fourth-order valence-electron chi connectivity index (χ4n) is 4.84. The molecule has 1 saturated carbocycles. The van der Waals surface area contributed by atoms with Gasteiger partial charge in [0.2, 0.25) is 5.91 Å². The largest absolute Gasteiger partial charge is 0.481 e. The van der Waals surface area contributed by atoms with Gasteiger partial charge in [0.1, 0.15) is 0 Å². The molecule has 0 aromatic heterocycles. The number of nitrogens with zero attached hydrogens (tertiary/aromatic N) is 1. The minimum absolute atomic E-state index is 0.0936. The third-order valence-electron chi connectivity index (χ3n) is 6.52. The second kappa shape index (κ2) is 7.40.